The molecule has 2 rings (SSSR count). The van der Waals surface area contributed by atoms with Crippen LogP contribution >= 0.6 is 0 Å². The minimum atomic E-state index is -0.0995. The Morgan fingerprint density at radius 3 is 2.40 bits per heavy atom. The second-order valence-corrected chi connectivity index (χ2v) is 4.20. The first-order valence-electron chi connectivity index (χ1n) is 5.15. The Bertz CT molecular complexity index is 366. The average molecular weight is 205 g/mol. The second-order valence-electron chi connectivity index (χ2n) is 4.20. The number of aliphatic hydroxyl groups is 1. The van der Waals surface area contributed by atoms with Crippen molar-refractivity contribution < 1.29 is 9.90 Å². The summed E-state index contributed by atoms with van der Waals surface area (Å²) < 4.78 is 0. The Balaban J connectivity index is 2.07. The first-order chi connectivity index (χ1) is 7.15. The average Bonchev–Trinajstić information content (AvgIpc) is 2.99. The third kappa shape index (κ3) is 2.18. The summed E-state index contributed by atoms with van der Waals surface area (Å²) in [6.45, 7) is 1.72. The predicted molar refractivity (Wildman–Crippen MR) is 59.1 cm³/mol. The Labute approximate surface area is 89.1 Å². The van der Waals surface area contributed by atoms with Gasteiger partial charge in [-0.3, -0.25) is 4.79 Å². The zero-order chi connectivity index (χ0) is 10.9. The van der Waals surface area contributed by atoms with E-state index in [9.17, 15) is 4.79 Å². The minimum absolute atomic E-state index is 0.0739. The number of carbonyl (C=O) groups excluding carboxylic acids is 1. The number of ketones is 1. The molecule has 0 saturated heterocycles. The van der Waals surface area contributed by atoms with Crippen LogP contribution in [0.3, 0.4) is 0 Å². The van der Waals surface area contributed by atoms with E-state index in [2.05, 4.69) is 5.32 Å². The van der Waals surface area contributed by atoms with Gasteiger partial charge in [0.05, 0.1) is 12.1 Å². The monoisotopic (exact) mass is 205 g/mol. The van der Waals surface area contributed by atoms with Crippen molar-refractivity contribution in [3.05, 3.63) is 29.8 Å². The highest BCUT2D eigenvalue weighted by Gasteiger charge is 2.41. The lowest BCUT2D eigenvalue weighted by Gasteiger charge is -2.15. The van der Waals surface area contributed by atoms with Gasteiger partial charge in [-0.05, 0) is 44.0 Å². The molecule has 3 heteroatoms. The number of aliphatic hydroxyl groups excluding tert-OH is 1. The Hall–Kier alpha value is -1.35. The summed E-state index contributed by atoms with van der Waals surface area (Å²) in [5.41, 5.74) is 1.58. The highest BCUT2D eigenvalue weighted by atomic mass is 16.3. The molecule has 2 N–H and O–H groups in total. The van der Waals surface area contributed by atoms with Gasteiger partial charge in [0.1, 0.15) is 0 Å². The summed E-state index contributed by atoms with van der Waals surface area (Å²) in [5, 5.41) is 12.4. The number of Topliss-reactive ketones (excluding diaryl/α,β-unsaturated/α-hetero) is 1. The van der Waals surface area contributed by atoms with E-state index >= 15 is 0 Å². The normalized spacial score (nSPS) is 17.2. The highest BCUT2D eigenvalue weighted by molar-refractivity contribution is 5.94. The molecule has 0 unspecified atom stereocenters. The van der Waals surface area contributed by atoms with Crippen molar-refractivity contribution in [2.75, 3.05) is 11.9 Å². The SMILES string of the molecule is CC(=O)c1ccc(NC2(CO)CC2)cc1. The topological polar surface area (TPSA) is 49.3 Å². The molecule has 0 bridgehead atoms. The van der Waals surface area contributed by atoms with Crippen LogP contribution < -0.4 is 5.32 Å². The van der Waals surface area contributed by atoms with Gasteiger partial charge in [0, 0.05) is 11.3 Å². The van der Waals surface area contributed by atoms with Gasteiger partial charge in [-0.1, -0.05) is 0 Å². The fourth-order valence-electron chi connectivity index (χ4n) is 1.57. The van der Waals surface area contributed by atoms with Crippen LogP contribution in [-0.4, -0.2) is 23.0 Å². The third-order valence-corrected chi connectivity index (χ3v) is 2.86. The van der Waals surface area contributed by atoms with Gasteiger partial charge in [0.25, 0.3) is 0 Å². The van der Waals surface area contributed by atoms with E-state index in [1.165, 1.54) is 0 Å². The summed E-state index contributed by atoms with van der Waals surface area (Å²) in [7, 11) is 0. The number of benzene rings is 1. The molecule has 0 aliphatic heterocycles. The molecular weight excluding hydrogens is 190 g/mol. The number of nitrogens with one attached hydrogen (secondary N) is 1. The molecule has 15 heavy (non-hydrogen) atoms. The lowest BCUT2D eigenvalue weighted by Crippen LogP contribution is -2.25. The largest absolute Gasteiger partial charge is 0.394 e. The molecule has 0 spiro atoms. The molecule has 3 nitrogen and oxygen atoms in total. The Morgan fingerprint density at radius 1 is 1.40 bits per heavy atom. The maximum Gasteiger partial charge on any atom is 0.159 e. The van der Waals surface area contributed by atoms with Gasteiger partial charge < -0.3 is 10.4 Å². The number of anilines is 1. The van der Waals surface area contributed by atoms with E-state index in [4.69, 9.17) is 5.11 Å². The third-order valence-electron chi connectivity index (χ3n) is 2.86. The van der Waals surface area contributed by atoms with Crippen LogP contribution in [0.2, 0.25) is 0 Å². The summed E-state index contributed by atoms with van der Waals surface area (Å²) in [6, 6.07) is 7.37. The summed E-state index contributed by atoms with van der Waals surface area (Å²) >= 11 is 0. The van der Waals surface area contributed by atoms with Gasteiger partial charge in [0.2, 0.25) is 0 Å². The predicted octanol–water partition coefficient (Wildman–Crippen LogP) is 1.83. The molecule has 1 aromatic carbocycles. The van der Waals surface area contributed by atoms with E-state index < -0.39 is 0 Å². The molecule has 0 heterocycles. The molecule has 1 aliphatic carbocycles. The van der Waals surface area contributed by atoms with E-state index in [0.29, 0.717) is 0 Å². The summed E-state index contributed by atoms with van der Waals surface area (Å²) in [6.07, 6.45) is 2.02. The van der Waals surface area contributed by atoms with Gasteiger partial charge in [0.15, 0.2) is 5.78 Å². The van der Waals surface area contributed by atoms with Crippen LogP contribution in [0.5, 0.6) is 0 Å². The number of carbonyl (C=O) groups is 1. The zero-order valence-corrected chi connectivity index (χ0v) is 8.79. The van der Waals surface area contributed by atoms with E-state index in [1.54, 1.807) is 19.1 Å². The molecule has 1 fully saturated rings. The zero-order valence-electron chi connectivity index (χ0n) is 8.79. The lowest BCUT2D eigenvalue weighted by atomic mass is 10.1. The lowest BCUT2D eigenvalue weighted by molar-refractivity contribution is 0.101. The van der Waals surface area contributed by atoms with Crippen molar-refractivity contribution in [3.8, 4) is 0 Å². The minimum Gasteiger partial charge on any atom is -0.394 e. The fourth-order valence-corrected chi connectivity index (χ4v) is 1.57. The van der Waals surface area contributed by atoms with E-state index in [0.717, 1.165) is 24.1 Å². The van der Waals surface area contributed by atoms with Gasteiger partial charge >= 0.3 is 0 Å². The molecule has 0 aromatic heterocycles. The Morgan fingerprint density at radius 2 is 2.00 bits per heavy atom. The van der Waals surface area contributed by atoms with Crippen LogP contribution in [0.4, 0.5) is 5.69 Å². The summed E-state index contributed by atoms with van der Waals surface area (Å²) in [5.74, 6) is 0.0739. The van der Waals surface area contributed by atoms with Crippen molar-refractivity contribution in [1.82, 2.24) is 0 Å². The smallest absolute Gasteiger partial charge is 0.159 e. The van der Waals surface area contributed by atoms with Gasteiger partial charge in [-0.25, -0.2) is 0 Å². The number of hydrogen-bond acceptors (Lipinski definition) is 3. The van der Waals surface area contributed by atoms with Crippen molar-refractivity contribution in [1.29, 1.82) is 0 Å². The van der Waals surface area contributed by atoms with Crippen molar-refractivity contribution >= 4 is 11.5 Å². The van der Waals surface area contributed by atoms with Gasteiger partial charge in [-0.2, -0.15) is 0 Å². The van der Waals surface area contributed by atoms with Crippen molar-refractivity contribution in [3.63, 3.8) is 0 Å². The maximum atomic E-state index is 11.1. The maximum absolute atomic E-state index is 11.1. The van der Waals surface area contributed by atoms with Crippen LogP contribution in [0.25, 0.3) is 0 Å². The first kappa shape index (κ1) is 10.2. The molecular formula is C12H15NO2. The quantitative estimate of drug-likeness (QED) is 0.737. The van der Waals surface area contributed by atoms with Gasteiger partial charge in [-0.15, -0.1) is 0 Å². The van der Waals surface area contributed by atoms with Crippen molar-refractivity contribution in [2.45, 2.75) is 25.3 Å². The molecule has 0 atom stereocenters. The number of hydrogen-bond donors (Lipinski definition) is 2. The molecule has 0 amide bonds. The Kier molecular flexibility index (Phi) is 2.49. The highest BCUT2D eigenvalue weighted by Crippen LogP contribution is 2.38. The fraction of sp³-hybridized carbons (Fsp3) is 0.417. The number of rotatable bonds is 4. The first-order valence-corrected chi connectivity index (χ1v) is 5.15. The second kappa shape index (κ2) is 3.66. The van der Waals surface area contributed by atoms with Crippen LogP contribution in [0, 0.1) is 0 Å². The molecule has 0 radical (unpaired) electrons. The standard InChI is InChI=1S/C12H15NO2/c1-9(15)10-2-4-11(5-3-10)13-12(8-14)6-7-12/h2-5,13-14H,6-8H2,1H3. The van der Waals surface area contributed by atoms with Crippen LogP contribution in [0.15, 0.2) is 24.3 Å². The van der Waals surface area contributed by atoms with Crippen LogP contribution in [-0.2, 0) is 0 Å². The summed E-state index contributed by atoms with van der Waals surface area (Å²) in [4.78, 5) is 11.1. The molecule has 80 valence electrons. The van der Waals surface area contributed by atoms with Crippen molar-refractivity contribution in [2.24, 2.45) is 0 Å². The molecule has 1 aliphatic rings. The van der Waals surface area contributed by atoms with E-state index in [-0.39, 0.29) is 17.9 Å². The van der Waals surface area contributed by atoms with Crippen LogP contribution in [0.1, 0.15) is 30.1 Å². The molecule has 1 aromatic rings. The molecule has 1 saturated carbocycles. The van der Waals surface area contributed by atoms with E-state index in [1.807, 2.05) is 12.1 Å².